The topological polar surface area (TPSA) is 48.0 Å². The van der Waals surface area contributed by atoms with Crippen molar-refractivity contribution in [3.8, 4) is 11.5 Å². The molecule has 0 aliphatic heterocycles. The lowest BCUT2D eigenvalue weighted by atomic mass is 10.1. The summed E-state index contributed by atoms with van der Waals surface area (Å²) in [5.41, 5.74) is 2.33. The van der Waals surface area contributed by atoms with E-state index in [9.17, 15) is 4.79 Å². The second-order valence-electron chi connectivity index (χ2n) is 5.73. The number of nitrogens with zero attached hydrogens (tertiary/aromatic N) is 1. The van der Waals surface area contributed by atoms with Crippen LogP contribution in [0.1, 0.15) is 17.5 Å². The predicted molar refractivity (Wildman–Crippen MR) is 96.7 cm³/mol. The summed E-state index contributed by atoms with van der Waals surface area (Å²) < 4.78 is 15.2. The van der Waals surface area contributed by atoms with Crippen LogP contribution in [0.15, 0.2) is 48.5 Å². The molecule has 0 radical (unpaired) electrons. The molecule has 134 valence electrons. The van der Waals surface area contributed by atoms with E-state index in [4.69, 9.17) is 14.2 Å². The van der Waals surface area contributed by atoms with Crippen molar-refractivity contribution >= 4 is 5.97 Å². The zero-order valence-corrected chi connectivity index (χ0v) is 15.0. The molecular weight excluding hydrogens is 318 g/mol. The summed E-state index contributed by atoms with van der Waals surface area (Å²) in [6.45, 7) is 2.12. The maximum Gasteiger partial charge on any atom is 0.306 e. The van der Waals surface area contributed by atoms with Gasteiger partial charge in [-0.1, -0.05) is 24.3 Å². The van der Waals surface area contributed by atoms with Crippen molar-refractivity contribution in [1.29, 1.82) is 0 Å². The fraction of sp³-hybridized carbons (Fsp3) is 0.350. The summed E-state index contributed by atoms with van der Waals surface area (Å²) in [5.74, 6) is 1.47. The molecule has 0 aliphatic carbocycles. The predicted octanol–water partition coefficient (Wildman–Crippen LogP) is 3.27. The minimum Gasteiger partial charge on any atom is -0.497 e. The smallest absolute Gasteiger partial charge is 0.306 e. The summed E-state index contributed by atoms with van der Waals surface area (Å²) in [7, 11) is 4.72. The highest BCUT2D eigenvalue weighted by Gasteiger charge is 2.11. The Morgan fingerprint density at radius 2 is 1.24 bits per heavy atom. The van der Waals surface area contributed by atoms with E-state index in [2.05, 4.69) is 4.90 Å². The number of benzene rings is 2. The van der Waals surface area contributed by atoms with Crippen LogP contribution >= 0.6 is 0 Å². The molecule has 5 nitrogen and oxygen atoms in total. The molecule has 2 aromatic rings. The summed E-state index contributed by atoms with van der Waals surface area (Å²) in [6, 6.07) is 15.9. The molecule has 0 saturated heterocycles. The van der Waals surface area contributed by atoms with Gasteiger partial charge in [0, 0.05) is 19.6 Å². The maximum absolute atomic E-state index is 11.5. The molecule has 25 heavy (non-hydrogen) atoms. The van der Waals surface area contributed by atoms with E-state index in [0.29, 0.717) is 13.0 Å². The van der Waals surface area contributed by atoms with Crippen LogP contribution < -0.4 is 9.47 Å². The molecule has 2 rings (SSSR count). The Bertz CT molecular complexity index is 603. The lowest BCUT2D eigenvalue weighted by Crippen LogP contribution is -2.26. The minimum absolute atomic E-state index is 0.200. The summed E-state index contributed by atoms with van der Waals surface area (Å²) in [4.78, 5) is 13.7. The summed E-state index contributed by atoms with van der Waals surface area (Å²) in [5, 5.41) is 0. The van der Waals surface area contributed by atoms with Crippen LogP contribution in [-0.2, 0) is 22.6 Å². The largest absolute Gasteiger partial charge is 0.497 e. The first-order valence-corrected chi connectivity index (χ1v) is 8.19. The van der Waals surface area contributed by atoms with Crippen LogP contribution in [0.2, 0.25) is 0 Å². The zero-order valence-electron chi connectivity index (χ0n) is 15.0. The number of esters is 1. The van der Waals surface area contributed by atoms with Crippen molar-refractivity contribution < 1.29 is 19.0 Å². The van der Waals surface area contributed by atoms with Crippen molar-refractivity contribution in [1.82, 2.24) is 4.90 Å². The highest BCUT2D eigenvalue weighted by molar-refractivity contribution is 5.69. The van der Waals surface area contributed by atoms with Crippen molar-refractivity contribution in [2.75, 3.05) is 27.9 Å². The quantitative estimate of drug-likeness (QED) is 0.654. The van der Waals surface area contributed by atoms with Gasteiger partial charge in [-0.05, 0) is 35.4 Å². The van der Waals surface area contributed by atoms with Gasteiger partial charge in [0.25, 0.3) is 0 Å². The first kappa shape index (κ1) is 18.8. The van der Waals surface area contributed by atoms with Crippen LogP contribution in [-0.4, -0.2) is 38.7 Å². The van der Waals surface area contributed by atoms with Gasteiger partial charge >= 0.3 is 5.97 Å². The SMILES string of the molecule is COC(=O)CCN(Cc1ccc(OC)cc1)Cc1ccc(OC)cc1. The Morgan fingerprint density at radius 3 is 1.60 bits per heavy atom. The molecule has 2 aromatic carbocycles. The number of hydrogen-bond acceptors (Lipinski definition) is 5. The van der Waals surface area contributed by atoms with Gasteiger partial charge in [0.1, 0.15) is 11.5 Å². The van der Waals surface area contributed by atoms with E-state index in [1.807, 2.05) is 48.5 Å². The van der Waals surface area contributed by atoms with Gasteiger partial charge in [-0.2, -0.15) is 0 Å². The van der Waals surface area contributed by atoms with Crippen LogP contribution in [0.25, 0.3) is 0 Å². The fourth-order valence-electron chi connectivity index (χ4n) is 2.54. The Hall–Kier alpha value is -2.53. The van der Waals surface area contributed by atoms with E-state index in [1.54, 1.807) is 14.2 Å². The van der Waals surface area contributed by atoms with Gasteiger partial charge in [-0.3, -0.25) is 9.69 Å². The molecule has 0 aromatic heterocycles. The van der Waals surface area contributed by atoms with Gasteiger partial charge in [-0.25, -0.2) is 0 Å². The molecule has 0 bridgehead atoms. The number of methoxy groups -OCH3 is 3. The molecule has 0 amide bonds. The number of carbonyl (C=O) groups excluding carboxylic acids is 1. The van der Waals surface area contributed by atoms with Gasteiger partial charge in [-0.15, -0.1) is 0 Å². The van der Waals surface area contributed by atoms with Crippen LogP contribution in [0.3, 0.4) is 0 Å². The van der Waals surface area contributed by atoms with E-state index in [0.717, 1.165) is 24.6 Å². The Labute approximate surface area is 149 Å². The highest BCUT2D eigenvalue weighted by atomic mass is 16.5. The van der Waals surface area contributed by atoms with Crippen LogP contribution in [0.5, 0.6) is 11.5 Å². The van der Waals surface area contributed by atoms with Crippen LogP contribution in [0.4, 0.5) is 0 Å². The first-order valence-electron chi connectivity index (χ1n) is 8.19. The molecule has 0 N–H and O–H groups in total. The zero-order chi connectivity index (χ0) is 18.1. The number of carbonyl (C=O) groups is 1. The van der Waals surface area contributed by atoms with Gasteiger partial charge < -0.3 is 14.2 Å². The molecule has 0 unspecified atom stereocenters. The van der Waals surface area contributed by atoms with E-state index in [1.165, 1.54) is 18.2 Å². The highest BCUT2D eigenvalue weighted by Crippen LogP contribution is 2.17. The second-order valence-corrected chi connectivity index (χ2v) is 5.73. The van der Waals surface area contributed by atoms with E-state index < -0.39 is 0 Å². The molecule has 0 atom stereocenters. The Kier molecular flexibility index (Phi) is 7.29. The molecule has 0 spiro atoms. The standard InChI is InChI=1S/C20H25NO4/c1-23-18-8-4-16(5-9-18)14-21(13-12-20(22)25-3)15-17-6-10-19(24-2)11-7-17/h4-11H,12-15H2,1-3H3. The van der Waals surface area contributed by atoms with Gasteiger partial charge in [0.05, 0.1) is 27.8 Å². The second kappa shape index (κ2) is 9.69. The fourth-order valence-corrected chi connectivity index (χ4v) is 2.54. The monoisotopic (exact) mass is 343 g/mol. The first-order chi connectivity index (χ1) is 12.1. The number of hydrogen-bond donors (Lipinski definition) is 0. The number of ether oxygens (including phenoxy) is 3. The molecule has 0 fully saturated rings. The minimum atomic E-state index is -0.200. The van der Waals surface area contributed by atoms with Crippen molar-refractivity contribution in [3.05, 3.63) is 59.7 Å². The Balaban J connectivity index is 2.05. The maximum atomic E-state index is 11.5. The normalized spacial score (nSPS) is 10.6. The lowest BCUT2D eigenvalue weighted by Gasteiger charge is -2.22. The number of rotatable bonds is 9. The average molecular weight is 343 g/mol. The molecule has 0 aliphatic rings. The van der Waals surface area contributed by atoms with Gasteiger partial charge in [0.2, 0.25) is 0 Å². The third kappa shape index (κ3) is 6.12. The molecule has 5 heteroatoms. The van der Waals surface area contributed by atoms with E-state index in [-0.39, 0.29) is 5.97 Å². The molecular formula is C20H25NO4. The Morgan fingerprint density at radius 1 is 0.800 bits per heavy atom. The summed E-state index contributed by atoms with van der Waals surface area (Å²) >= 11 is 0. The van der Waals surface area contributed by atoms with Crippen LogP contribution in [0, 0.1) is 0 Å². The van der Waals surface area contributed by atoms with Crippen molar-refractivity contribution in [2.24, 2.45) is 0 Å². The summed E-state index contributed by atoms with van der Waals surface area (Å²) in [6.07, 6.45) is 0.364. The third-order valence-electron chi connectivity index (χ3n) is 3.99. The third-order valence-corrected chi connectivity index (χ3v) is 3.99. The molecule has 0 saturated carbocycles. The van der Waals surface area contributed by atoms with Crippen molar-refractivity contribution in [3.63, 3.8) is 0 Å². The average Bonchev–Trinajstić information content (AvgIpc) is 2.67. The molecule has 0 heterocycles. The van der Waals surface area contributed by atoms with Crippen molar-refractivity contribution in [2.45, 2.75) is 19.5 Å². The van der Waals surface area contributed by atoms with Gasteiger partial charge in [0.15, 0.2) is 0 Å². The van der Waals surface area contributed by atoms with E-state index >= 15 is 0 Å². The lowest BCUT2D eigenvalue weighted by molar-refractivity contribution is -0.141.